The number of hydrogen-bond donors (Lipinski definition) is 2. The highest BCUT2D eigenvalue weighted by Gasteiger charge is 2.40. The van der Waals surface area contributed by atoms with Gasteiger partial charge < -0.3 is 25.4 Å². The Balaban J connectivity index is 2.51. The average Bonchev–Trinajstić information content (AvgIpc) is 2.74. The number of carbonyl (C=O) groups excluding carboxylic acids is 3. The third-order valence-electron chi connectivity index (χ3n) is 2.80. The van der Waals surface area contributed by atoms with Crippen molar-refractivity contribution >= 4 is 18.0 Å². The van der Waals surface area contributed by atoms with Crippen LogP contribution in [0.25, 0.3) is 0 Å². The van der Waals surface area contributed by atoms with Gasteiger partial charge in [0.15, 0.2) is 6.10 Å². The molecule has 8 heteroatoms. The summed E-state index contributed by atoms with van der Waals surface area (Å²) < 4.78 is 10.2. The van der Waals surface area contributed by atoms with E-state index >= 15 is 0 Å². The summed E-state index contributed by atoms with van der Waals surface area (Å²) in [4.78, 5) is 35.1. The van der Waals surface area contributed by atoms with Gasteiger partial charge in [0, 0.05) is 7.05 Å². The first-order valence-electron chi connectivity index (χ1n) is 5.86. The molecule has 0 radical (unpaired) electrons. The van der Waals surface area contributed by atoms with E-state index in [-0.39, 0.29) is 25.5 Å². The van der Waals surface area contributed by atoms with Crippen molar-refractivity contribution in [3.05, 3.63) is 0 Å². The van der Waals surface area contributed by atoms with Crippen LogP contribution in [0.5, 0.6) is 0 Å². The van der Waals surface area contributed by atoms with Gasteiger partial charge in [-0.25, -0.2) is 4.79 Å². The van der Waals surface area contributed by atoms with Gasteiger partial charge in [0.25, 0.3) is 0 Å². The van der Waals surface area contributed by atoms with Gasteiger partial charge in [0.2, 0.25) is 5.91 Å². The lowest BCUT2D eigenvalue weighted by Gasteiger charge is -2.30. The lowest BCUT2D eigenvalue weighted by Crippen LogP contribution is -2.46. The number of nitrogens with one attached hydrogen (secondary N) is 1. The molecule has 2 amide bonds. The maximum atomic E-state index is 11.7. The summed E-state index contributed by atoms with van der Waals surface area (Å²) in [5.74, 6) is -0.944. The number of amides is 2. The first-order valence-corrected chi connectivity index (χ1v) is 5.86. The van der Waals surface area contributed by atoms with Gasteiger partial charge in [-0.1, -0.05) is 0 Å². The van der Waals surface area contributed by atoms with Gasteiger partial charge >= 0.3 is 12.1 Å². The molecule has 108 valence electrons. The normalized spacial score (nSPS) is 18.5. The molecule has 0 spiro atoms. The number of ether oxygens (including phenoxy) is 2. The predicted octanol–water partition coefficient (Wildman–Crippen LogP) is -1.17. The van der Waals surface area contributed by atoms with E-state index < -0.39 is 23.8 Å². The summed E-state index contributed by atoms with van der Waals surface area (Å²) in [5.41, 5.74) is 4.21. The fourth-order valence-electron chi connectivity index (χ4n) is 1.61. The molecular formula is C11H19N3O5. The second-order valence-corrected chi connectivity index (χ2v) is 4.81. The Morgan fingerprint density at radius 2 is 2.21 bits per heavy atom. The van der Waals surface area contributed by atoms with Crippen molar-refractivity contribution in [3.63, 3.8) is 0 Å². The van der Waals surface area contributed by atoms with E-state index in [1.807, 2.05) is 0 Å². The molecule has 1 saturated heterocycles. The highest BCUT2D eigenvalue weighted by atomic mass is 16.6. The number of hydrogen-bond acceptors (Lipinski definition) is 6. The Morgan fingerprint density at radius 3 is 2.68 bits per heavy atom. The van der Waals surface area contributed by atoms with Crippen LogP contribution in [-0.2, 0) is 19.1 Å². The summed E-state index contributed by atoms with van der Waals surface area (Å²) in [6.45, 7) is 3.18. The van der Waals surface area contributed by atoms with Gasteiger partial charge in [-0.3, -0.25) is 9.59 Å². The molecule has 1 aliphatic heterocycles. The Labute approximate surface area is 111 Å². The summed E-state index contributed by atoms with van der Waals surface area (Å²) in [6.07, 6.45) is -1.09. The molecule has 1 rings (SSSR count). The van der Waals surface area contributed by atoms with Crippen LogP contribution in [0.4, 0.5) is 4.79 Å². The van der Waals surface area contributed by atoms with Crippen molar-refractivity contribution < 1.29 is 23.9 Å². The van der Waals surface area contributed by atoms with Crippen molar-refractivity contribution in [3.8, 4) is 0 Å². The topological polar surface area (TPSA) is 111 Å². The quantitative estimate of drug-likeness (QED) is 0.611. The Hall–Kier alpha value is -1.83. The van der Waals surface area contributed by atoms with E-state index in [9.17, 15) is 14.4 Å². The third-order valence-corrected chi connectivity index (χ3v) is 2.80. The number of nitrogens with zero attached hydrogens (tertiary/aromatic N) is 1. The van der Waals surface area contributed by atoms with Gasteiger partial charge in [-0.05, 0) is 13.8 Å². The summed E-state index contributed by atoms with van der Waals surface area (Å²) in [5, 5.41) is 2.48. The van der Waals surface area contributed by atoms with Crippen molar-refractivity contribution in [1.29, 1.82) is 0 Å². The molecule has 1 aliphatic rings. The molecule has 1 fully saturated rings. The number of esters is 1. The SMILES string of the molecule is CN(CC(=O)OC(C)(C)[C@@H]1CNC(=O)O1)C(=O)CN. The van der Waals surface area contributed by atoms with Crippen molar-refractivity contribution in [2.24, 2.45) is 5.73 Å². The zero-order chi connectivity index (χ0) is 14.6. The minimum absolute atomic E-state index is 0.169. The van der Waals surface area contributed by atoms with Gasteiger partial charge in [0.05, 0.1) is 13.1 Å². The van der Waals surface area contributed by atoms with E-state index in [1.165, 1.54) is 11.9 Å². The monoisotopic (exact) mass is 273 g/mol. The fourth-order valence-corrected chi connectivity index (χ4v) is 1.61. The van der Waals surface area contributed by atoms with Crippen LogP contribution in [0.15, 0.2) is 0 Å². The number of likely N-dealkylation sites (N-methyl/N-ethyl adjacent to an activating group) is 1. The van der Waals surface area contributed by atoms with E-state index in [0.717, 1.165) is 0 Å². The molecule has 19 heavy (non-hydrogen) atoms. The van der Waals surface area contributed by atoms with Crippen LogP contribution >= 0.6 is 0 Å². The van der Waals surface area contributed by atoms with E-state index in [4.69, 9.17) is 15.2 Å². The summed E-state index contributed by atoms with van der Waals surface area (Å²) in [7, 11) is 1.46. The molecular weight excluding hydrogens is 254 g/mol. The Bertz CT molecular complexity index is 383. The standard InChI is InChI=1S/C11H19N3O5/c1-11(2,7-5-13-10(17)18-7)19-9(16)6-14(3)8(15)4-12/h7H,4-6,12H2,1-3H3,(H,13,17)/t7-/m0/s1. The number of nitrogens with two attached hydrogens (primary N) is 1. The molecule has 1 heterocycles. The zero-order valence-electron chi connectivity index (χ0n) is 11.3. The van der Waals surface area contributed by atoms with Crippen LogP contribution < -0.4 is 11.1 Å². The number of alkyl carbamates (subject to hydrolysis) is 1. The van der Waals surface area contributed by atoms with Crippen molar-refractivity contribution in [2.75, 3.05) is 26.7 Å². The van der Waals surface area contributed by atoms with Gasteiger partial charge in [0.1, 0.15) is 12.1 Å². The highest BCUT2D eigenvalue weighted by Crippen LogP contribution is 2.21. The summed E-state index contributed by atoms with van der Waals surface area (Å²) >= 11 is 0. The van der Waals surface area contributed by atoms with Gasteiger partial charge in [-0.15, -0.1) is 0 Å². The second kappa shape index (κ2) is 5.87. The second-order valence-electron chi connectivity index (χ2n) is 4.81. The largest absolute Gasteiger partial charge is 0.454 e. The number of carbonyl (C=O) groups is 3. The predicted molar refractivity (Wildman–Crippen MR) is 65.1 cm³/mol. The maximum absolute atomic E-state index is 11.7. The molecule has 0 bridgehead atoms. The molecule has 3 N–H and O–H groups in total. The van der Waals surface area contributed by atoms with Crippen LogP contribution in [0.1, 0.15) is 13.8 Å². The van der Waals surface area contributed by atoms with Crippen molar-refractivity contribution in [1.82, 2.24) is 10.2 Å². The van der Waals surface area contributed by atoms with E-state index in [0.29, 0.717) is 0 Å². The average molecular weight is 273 g/mol. The molecule has 0 aliphatic carbocycles. The minimum atomic E-state index is -0.969. The van der Waals surface area contributed by atoms with Crippen molar-refractivity contribution in [2.45, 2.75) is 25.6 Å². The first kappa shape index (κ1) is 15.2. The van der Waals surface area contributed by atoms with Crippen LogP contribution in [0.2, 0.25) is 0 Å². The molecule has 0 aromatic rings. The van der Waals surface area contributed by atoms with Crippen LogP contribution in [-0.4, -0.2) is 61.3 Å². The third kappa shape index (κ3) is 4.09. The molecule has 0 saturated carbocycles. The van der Waals surface area contributed by atoms with Crippen LogP contribution in [0, 0.1) is 0 Å². The minimum Gasteiger partial charge on any atom is -0.454 e. The number of rotatable bonds is 5. The van der Waals surface area contributed by atoms with Crippen LogP contribution in [0.3, 0.4) is 0 Å². The van der Waals surface area contributed by atoms with E-state index in [2.05, 4.69) is 5.32 Å². The number of cyclic esters (lactones) is 1. The highest BCUT2D eigenvalue weighted by molar-refractivity contribution is 5.83. The maximum Gasteiger partial charge on any atom is 0.407 e. The molecule has 8 nitrogen and oxygen atoms in total. The van der Waals surface area contributed by atoms with Gasteiger partial charge in [-0.2, -0.15) is 0 Å². The van der Waals surface area contributed by atoms with E-state index in [1.54, 1.807) is 13.8 Å². The Kier molecular flexibility index (Phi) is 4.71. The smallest absolute Gasteiger partial charge is 0.407 e. The molecule has 0 unspecified atom stereocenters. The molecule has 0 aromatic carbocycles. The molecule has 1 atom stereocenters. The Morgan fingerprint density at radius 1 is 1.58 bits per heavy atom. The lowest BCUT2D eigenvalue weighted by atomic mass is 10.0. The molecule has 0 aromatic heterocycles. The zero-order valence-corrected chi connectivity index (χ0v) is 11.3. The first-order chi connectivity index (χ1) is 8.76. The fraction of sp³-hybridized carbons (Fsp3) is 0.727. The summed E-state index contributed by atoms with van der Waals surface area (Å²) in [6, 6.07) is 0. The lowest BCUT2D eigenvalue weighted by molar-refractivity contribution is -0.167.